The Morgan fingerprint density at radius 3 is 2.64 bits per heavy atom. The first kappa shape index (κ1) is 33.3. The Labute approximate surface area is 317 Å². The summed E-state index contributed by atoms with van der Waals surface area (Å²) in [4.78, 5) is 28.7. The molecule has 7 heterocycles. The summed E-state index contributed by atoms with van der Waals surface area (Å²) in [6.45, 7) is 6.50. The maximum absolute atomic E-state index is 17.3. The molecule has 2 saturated carbocycles. The predicted molar refractivity (Wildman–Crippen MR) is 206 cm³/mol. The van der Waals surface area contributed by atoms with E-state index in [1.165, 1.54) is 0 Å². The second kappa shape index (κ2) is 12.4. The zero-order valence-electron chi connectivity index (χ0n) is 29.7. The second-order valence-corrected chi connectivity index (χ2v) is 16.7. The van der Waals surface area contributed by atoms with E-state index in [-0.39, 0.29) is 52.8 Å². The predicted octanol–water partition coefficient (Wildman–Crippen LogP) is 8.49. The smallest absolute Gasteiger partial charge is 0.226 e. The van der Waals surface area contributed by atoms with Gasteiger partial charge in [-0.2, -0.15) is 5.26 Å². The van der Waals surface area contributed by atoms with E-state index in [4.69, 9.17) is 28.2 Å². The molecule has 6 aliphatic rings. The highest BCUT2D eigenvalue weighted by Crippen LogP contribution is 2.54. The standard InChI is InChI=1S/C42H40Cl2FN7O/c1-21-8-11-27(18-47-21)50-19-26-13-28(20-50)51(42(53)23-9-10-23)40(26)34-16-30-22(2)49-38-31(41(30)52(34)39-25-15-33(39)48-17-25)14-24(5-4-12-46)35(37(38)45)29-6-3-7-32(43)36(29)44/h3,6-8,11,14,16,18,23,25-26,28,33,39-40,48H,4-5,9-10,13,15,17,19-20H2,1-2H3/t25-,26+,28-,33-,39+,40-/m1/s1. The quantitative estimate of drug-likeness (QED) is 0.180. The molecule has 270 valence electrons. The lowest BCUT2D eigenvalue weighted by molar-refractivity contribution is -0.135. The number of hydrogen-bond acceptors (Lipinski definition) is 6. The number of aromatic nitrogens is 3. The zero-order chi connectivity index (χ0) is 36.3. The minimum absolute atomic E-state index is 0.0866. The lowest BCUT2D eigenvalue weighted by atomic mass is 9.79. The summed E-state index contributed by atoms with van der Waals surface area (Å²) in [6, 6.07) is 16.5. The molecule has 0 spiro atoms. The minimum Gasteiger partial charge on any atom is -0.368 e. The van der Waals surface area contributed by atoms with E-state index in [2.05, 4.69) is 48.9 Å². The molecular formula is C42H40Cl2FN7O. The van der Waals surface area contributed by atoms with Crippen LogP contribution in [0, 0.1) is 48.7 Å². The van der Waals surface area contributed by atoms with Crippen LogP contribution in [0.25, 0.3) is 32.9 Å². The number of fused-ring (bicyclic) bond motifs is 6. The van der Waals surface area contributed by atoms with E-state index in [1.807, 2.05) is 26.1 Å². The van der Waals surface area contributed by atoms with Crippen molar-refractivity contribution >= 4 is 56.6 Å². The number of aryl methyl sites for hydroxylation is 3. The number of piperidine rings is 1. The van der Waals surface area contributed by atoms with Crippen molar-refractivity contribution in [1.82, 2.24) is 24.8 Å². The van der Waals surface area contributed by atoms with Gasteiger partial charge in [0.1, 0.15) is 5.52 Å². The van der Waals surface area contributed by atoms with E-state index in [0.29, 0.717) is 40.1 Å². The van der Waals surface area contributed by atoms with Crippen LogP contribution >= 0.6 is 23.2 Å². The number of amides is 1. The number of rotatable bonds is 7. The molecule has 53 heavy (non-hydrogen) atoms. The number of hydrogen-bond donors (Lipinski definition) is 1. The number of nitrogens with zero attached hydrogens (tertiary/aromatic N) is 6. The van der Waals surface area contributed by atoms with E-state index >= 15 is 4.39 Å². The van der Waals surface area contributed by atoms with E-state index in [0.717, 1.165) is 84.4 Å². The summed E-state index contributed by atoms with van der Waals surface area (Å²) in [5, 5.41) is 15.7. The number of nitrogens with one attached hydrogen (secondary N) is 1. The highest BCUT2D eigenvalue weighted by molar-refractivity contribution is 6.43. The maximum Gasteiger partial charge on any atom is 0.226 e. The molecule has 1 amide bonds. The average Bonchev–Trinajstić information content (AvgIpc) is 3.43. The van der Waals surface area contributed by atoms with Crippen molar-refractivity contribution in [2.75, 3.05) is 24.5 Å². The Morgan fingerprint density at radius 1 is 1.08 bits per heavy atom. The molecule has 1 N–H and O–H groups in total. The molecule has 2 aliphatic carbocycles. The minimum atomic E-state index is -0.460. The Balaban J connectivity index is 1.21. The monoisotopic (exact) mass is 747 g/mol. The molecule has 0 unspecified atom stereocenters. The average molecular weight is 749 g/mol. The Morgan fingerprint density at radius 2 is 1.92 bits per heavy atom. The summed E-state index contributed by atoms with van der Waals surface area (Å²) in [6.07, 6.45) is 6.47. The first-order valence-electron chi connectivity index (χ1n) is 18.9. The van der Waals surface area contributed by atoms with Gasteiger partial charge < -0.3 is 19.7 Å². The van der Waals surface area contributed by atoms with Crippen LogP contribution in [0.1, 0.15) is 66.8 Å². The van der Waals surface area contributed by atoms with Crippen molar-refractivity contribution in [2.24, 2.45) is 17.8 Å². The largest absolute Gasteiger partial charge is 0.368 e. The van der Waals surface area contributed by atoms with Crippen LogP contribution in [0.4, 0.5) is 10.1 Å². The van der Waals surface area contributed by atoms with Crippen molar-refractivity contribution in [2.45, 2.75) is 76.5 Å². The third-order valence-corrected chi connectivity index (χ3v) is 13.6. The maximum atomic E-state index is 17.3. The topological polar surface area (TPSA) is 90.1 Å². The van der Waals surface area contributed by atoms with Crippen LogP contribution in [0.15, 0.2) is 48.7 Å². The number of pyridine rings is 2. The number of carbonyl (C=O) groups excluding carboxylic acids is 1. The van der Waals surface area contributed by atoms with Gasteiger partial charge in [-0.1, -0.05) is 35.3 Å². The molecule has 3 aromatic heterocycles. The van der Waals surface area contributed by atoms with Gasteiger partial charge in [-0.25, -0.2) is 9.37 Å². The van der Waals surface area contributed by atoms with Gasteiger partial charge >= 0.3 is 0 Å². The second-order valence-electron chi connectivity index (χ2n) is 16.0. The molecule has 11 rings (SSSR count). The summed E-state index contributed by atoms with van der Waals surface area (Å²) in [5.74, 6) is 0.548. The molecule has 5 aromatic rings. The van der Waals surface area contributed by atoms with Gasteiger partial charge in [-0.15, -0.1) is 0 Å². The third-order valence-electron chi connectivity index (χ3n) is 12.8. The van der Waals surface area contributed by atoms with Gasteiger partial charge in [-0.05, 0) is 87.8 Å². The Kier molecular flexibility index (Phi) is 7.81. The molecule has 11 heteroatoms. The van der Waals surface area contributed by atoms with E-state index in [1.54, 1.807) is 18.2 Å². The van der Waals surface area contributed by atoms with E-state index in [9.17, 15) is 10.1 Å². The molecule has 0 radical (unpaired) electrons. The zero-order valence-corrected chi connectivity index (χ0v) is 31.3. The SMILES string of the molecule is Cc1ccc(N2C[C@@H]3C[C@H](C2)N(C(=O)C2CC2)[C@H]3c2cc3c(C)nc4c(F)c(-c5cccc(Cl)c5Cl)c(CCC#N)cc4c3n2[C@H]2[C@H]3CN[C@@H]2C3)cn1. The molecule has 4 bridgehead atoms. The van der Waals surface area contributed by atoms with Gasteiger partial charge in [-0.3, -0.25) is 9.78 Å². The summed E-state index contributed by atoms with van der Waals surface area (Å²) >= 11 is 13.2. The Bertz CT molecular complexity index is 2370. The van der Waals surface area contributed by atoms with Gasteiger partial charge in [0.2, 0.25) is 5.91 Å². The number of benzene rings is 2. The number of likely N-dealkylation sites (tertiary alicyclic amines) is 1. The number of anilines is 1. The molecule has 4 aliphatic heterocycles. The fourth-order valence-electron chi connectivity index (χ4n) is 10.2. The van der Waals surface area contributed by atoms with Crippen LogP contribution < -0.4 is 10.2 Å². The van der Waals surface area contributed by atoms with Crippen molar-refractivity contribution in [3.63, 3.8) is 0 Å². The fraction of sp³-hybridized carbons (Fsp3) is 0.429. The lowest BCUT2D eigenvalue weighted by Crippen LogP contribution is -2.45. The van der Waals surface area contributed by atoms with Crippen LogP contribution in [-0.4, -0.2) is 57.1 Å². The molecule has 2 aromatic carbocycles. The summed E-state index contributed by atoms with van der Waals surface area (Å²) in [5.41, 5.74) is 6.72. The van der Waals surface area contributed by atoms with Gasteiger partial charge in [0.05, 0.1) is 51.6 Å². The number of nitriles is 1. The molecular weight excluding hydrogens is 708 g/mol. The summed E-state index contributed by atoms with van der Waals surface area (Å²) in [7, 11) is 0. The van der Waals surface area contributed by atoms with E-state index < -0.39 is 5.82 Å². The molecule has 8 nitrogen and oxygen atoms in total. The van der Waals surface area contributed by atoms with Crippen LogP contribution in [0.5, 0.6) is 0 Å². The normalized spacial score (nSPS) is 26.0. The van der Waals surface area contributed by atoms with Crippen LogP contribution in [0.3, 0.4) is 0 Å². The highest BCUT2D eigenvalue weighted by Gasteiger charge is 2.55. The molecule has 6 atom stereocenters. The number of carbonyl (C=O) groups is 1. The lowest BCUT2D eigenvalue weighted by Gasteiger charge is -2.40. The Hall–Kier alpha value is -4.23. The van der Waals surface area contributed by atoms with Crippen molar-refractivity contribution in [3.05, 3.63) is 87.2 Å². The first-order chi connectivity index (χ1) is 25.7. The summed E-state index contributed by atoms with van der Waals surface area (Å²) < 4.78 is 19.8. The van der Waals surface area contributed by atoms with Crippen molar-refractivity contribution in [3.8, 4) is 17.2 Å². The highest BCUT2D eigenvalue weighted by atomic mass is 35.5. The molecule has 4 saturated heterocycles. The van der Waals surface area contributed by atoms with Gasteiger partial charge in [0.25, 0.3) is 0 Å². The van der Waals surface area contributed by atoms with Gasteiger partial charge in [0, 0.05) is 82.9 Å². The van der Waals surface area contributed by atoms with Crippen LogP contribution in [0.2, 0.25) is 10.0 Å². The fourth-order valence-corrected chi connectivity index (χ4v) is 10.6. The van der Waals surface area contributed by atoms with Crippen LogP contribution in [-0.2, 0) is 11.2 Å². The third kappa shape index (κ3) is 5.12. The first-order valence-corrected chi connectivity index (χ1v) is 19.7. The van der Waals surface area contributed by atoms with Crippen molar-refractivity contribution < 1.29 is 9.18 Å². The van der Waals surface area contributed by atoms with Crippen molar-refractivity contribution in [1.29, 1.82) is 5.26 Å². The van der Waals surface area contributed by atoms with Gasteiger partial charge in [0.15, 0.2) is 5.82 Å². The molecule has 6 fully saturated rings. The number of halogens is 3.